The molecule has 1 unspecified atom stereocenters. The average Bonchev–Trinajstić information content (AvgIpc) is 3.07. The van der Waals surface area contributed by atoms with Gasteiger partial charge in [-0.05, 0) is 48.7 Å². The highest BCUT2D eigenvalue weighted by molar-refractivity contribution is 6.74. The predicted octanol–water partition coefficient (Wildman–Crippen LogP) is 4.11. The van der Waals surface area contributed by atoms with Crippen molar-refractivity contribution in [1.82, 2.24) is 10.4 Å². The molecule has 5 nitrogen and oxygen atoms in total. The number of nitrogens with zero attached hydrogens (tertiary/aromatic N) is 2. The minimum atomic E-state index is -1.86. The number of hydrazine groups is 1. The maximum absolute atomic E-state index is 13.1. The highest BCUT2D eigenvalue weighted by Gasteiger charge is 2.49. The molecule has 3 atom stereocenters. The second kappa shape index (κ2) is 6.98. The van der Waals surface area contributed by atoms with Gasteiger partial charge in [0.2, 0.25) is 0 Å². The van der Waals surface area contributed by atoms with Gasteiger partial charge in [0.1, 0.15) is 12.1 Å². The lowest BCUT2D eigenvalue weighted by Crippen LogP contribution is -2.45. The molecule has 1 aromatic rings. The molecule has 146 valence electrons. The molecular weight excluding hydrogens is 378 g/mol. The van der Waals surface area contributed by atoms with Crippen LogP contribution in [0.5, 0.6) is 0 Å². The van der Waals surface area contributed by atoms with E-state index in [1.807, 2.05) is 18.0 Å². The van der Waals surface area contributed by atoms with E-state index in [0.29, 0.717) is 17.1 Å². The molecule has 0 aromatic heterocycles. The topological polar surface area (TPSA) is 65.4 Å². The van der Waals surface area contributed by atoms with Crippen LogP contribution in [-0.4, -0.2) is 37.8 Å². The van der Waals surface area contributed by atoms with E-state index >= 15 is 0 Å². The monoisotopic (exact) mass is 405 g/mol. The van der Waals surface area contributed by atoms with Gasteiger partial charge < -0.3 is 4.43 Å². The molecule has 2 aliphatic rings. The van der Waals surface area contributed by atoms with E-state index in [1.54, 1.807) is 6.07 Å². The van der Waals surface area contributed by atoms with Crippen molar-refractivity contribution in [3.63, 3.8) is 0 Å². The number of nitrogens with one attached hydrogen (secondary N) is 1. The van der Waals surface area contributed by atoms with Crippen LogP contribution in [0.3, 0.4) is 0 Å². The Kier molecular flexibility index (Phi) is 5.30. The van der Waals surface area contributed by atoms with Crippen molar-refractivity contribution < 1.29 is 9.22 Å². The lowest BCUT2D eigenvalue weighted by atomic mass is 9.94. The average molecular weight is 406 g/mol. The van der Waals surface area contributed by atoms with Gasteiger partial charge in [0.05, 0.1) is 22.7 Å². The van der Waals surface area contributed by atoms with Crippen LogP contribution in [0, 0.1) is 18.3 Å². The van der Waals surface area contributed by atoms with Crippen molar-refractivity contribution in [1.29, 1.82) is 5.26 Å². The van der Waals surface area contributed by atoms with Gasteiger partial charge in [-0.25, -0.2) is 10.4 Å². The third-order valence-corrected chi connectivity index (χ3v) is 11.3. The molecule has 0 aliphatic carbocycles. The van der Waals surface area contributed by atoms with Gasteiger partial charge in [-0.3, -0.25) is 4.79 Å². The first kappa shape index (κ1) is 20.5. The molecule has 2 saturated heterocycles. The fourth-order valence-corrected chi connectivity index (χ4v) is 5.20. The Labute approximate surface area is 167 Å². The van der Waals surface area contributed by atoms with Crippen LogP contribution < -0.4 is 5.43 Å². The van der Waals surface area contributed by atoms with Crippen LogP contribution in [0.25, 0.3) is 0 Å². The SMILES string of the molecule is Cc1c(C2NN3C[C@H](O[Si](C)(C)C(C)(C)C)C[C@H]3C2=O)ccc(C#N)c1Cl. The van der Waals surface area contributed by atoms with Gasteiger partial charge in [-0.1, -0.05) is 38.4 Å². The molecule has 0 radical (unpaired) electrons. The Hall–Kier alpha value is -1.23. The zero-order valence-electron chi connectivity index (χ0n) is 16.9. The van der Waals surface area contributed by atoms with Crippen molar-refractivity contribution in [3.05, 3.63) is 33.8 Å². The van der Waals surface area contributed by atoms with Crippen molar-refractivity contribution in [3.8, 4) is 6.07 Å². The Bertz CT molecular complexity index is 813. The van der Waals surface area contributed by atoms with E-state index < -0.39 is 14.4 Å². The van der Waals surface area contributed by atoms with E-state index in [9.17, 15) is 4.79 Å². The van der Waals surface area contributed by atoms with Crippen LogP contribution in [0.15, 0.2) is 12.1 Å². The molecule has 2 aliphatic heterocycles. The van der Waals surface area contributed by atoms with E-state index in [4.69, 9.17) is 21.3 Å². The quantitative estimate of drug-likeness (QED) is 0.766. The van der Waals surface area contributed by atoms with Crippen LogP contribution in [0.2, 0.25) is 23.2 Å². The van der Waals surface area contributed by atoms with Gasteiger partial charge in [0, 0.05) is 6.54 Å². The zero-order chi connectivity index (χ0) is 20.1. The summed E-state index contributed by atoms with van der Waals surface area (Å²) in [5, 5.41) is 11.7. The van der Waals surface area contributed by atoms with Crippen LogP contribution in [0.1, 0.15) is 49.9 Å². The summed E-state index contributed by atoms with van der Waals surface area (Å²) < 4.78 is 6.51. The third-order valence-electron chi connectivity index (χ3n) is 6.30. The number of hydrogen-bond acceptors (Lipinski definition) is 5. The Morgan fingerprint density at radius 3 is 2.59 bits per heavy atom. The number of carbonyl (C=O) groups excluding carboxylic acids is 1. The van der Waals surface area contributed by atoms with Crippen LogP contribution in [-0.2, 0) is 9.22 Å². The molecule has 0 saturated carbocycles. The zero-order valence-corrected chi connectivity index (χ0v) is 18.6. The minimum absolute atomic E-state index is 0.0824. The fraction of sp³-hybridized carbons (Fsp3) is 0.600. The standard InChI is InChI=1S/C20H28ClN3O2Si/c1-12-15(8-7-13(10-22)17(12)21)18-19(25)16-9-14(11-24(16)23-18)26-27(5,6)20(2,3)4/h7-8,14,16,18,23H,9,11H2,1-6H3/t14-,16+,18?/m1/s1. The number of ketones is 1. The van der Waals surface area contributed by atoms with Crippen LogP contribution >= 0.6 is 11.6 Å². The van der Waals surface area contributed by atoms with E-state index in [0.717, 1.165) is 17.5 Å². The summed E-state index contributed by atoms with van der Waals surface area (Å²) in [6.07, 6.45) is 0.802. The lowest BCUT2D eigenvalue weighted by Gasteiger charge is -2.38. The number of carbonyl (C=O) groups is 1. The fourth-order valence-electron chi connectivity index (χ4n) is 3.63. The number of benzene rings is 1. The van der Waals surface area contributed by atoms with Gasteiger partial charge in [-0.15, -0.1) is 0 Å². The summed E-state index contributed by atoms with van der Waals surface area (Å²) >= 11 is 6.29. The second-order valence-electron chi connectivity index (χ2n) is 9.12. The van der Waals surface area contributed by atoms with Gasteiger partial charge in [0.25, 0.3) is 0 Å². The summed E-state index contributed by atoms with van der Waals surface area (Å²) in [7, 11) is -1.86. The second-order valence-corrected chi connectivity index (χ2v) is 14.3. The van der Waals surface area contributed by atoms with Crippen molar-refractivity contribution in [2.45, 2.75) is 70.4 Å². The van der Waals surface area contributed by atoms with E-state index in [2.05, 4.69) is 45.4 Å². The normalized spacial score (nSPS) is 26.3. The molecule has 0 bridgehead atoms. The summed E-state index contributed by atoms with van der Waals surface area (Å²) in [5.74, 6) is 0.153. The summed E-state index contributed by atoms with van der Waals surface area (Å²) in [4.78, 5) is 13.1. The van der Waals surface area contributed by atoms with E-state index in [1.165, 1.54) is 0 Å². The minimum Gasteiger partial charge on any atom is -0.413 e. The first-order valence-electron chi connectivity index (χ1n) is 9.39. The molecule has 1 aromatic carbocycles. The van der Waals surface area contributed by atoms with E-state index in [-0.39, 0.29) is 23.0 Å². The number of nitriles is 1. The first-order valence-corrected chi connectivity index (χ1v) is 12.7. The number of rotatable bonds is 3. The maximum Gasteiger partial charge on any atom is 0.192 e. The number of hydrogen-bond donors (Lipinski definition) is 1. The predicted molar refractivity (Wildman–Crippen MR) is 109 cm³/mol. The molecule has 3 rings (SSSR count). The molecule has 0 amide bonds. The summed E-state index contributed by atoms with van der Waals surface area (Å²) in [5.41, 5.74) is 5.43. The van der Waals surface area contributed by atoms with Crippen molar-refractivity contribution in [2.75, 3.05) is 6.54 Å². The Morgan fingerprint density at radius 2 is 2.04 bits per heavy atom. The Balaban J connectivity index is 1.74. The Morgan fingerprint density at radius 1 is 1.37 bits per heavy atom. The highest BCUT2D eigenvalue weighted by Crippen LogP contribution is 2.40. The molecule has 7 heteroatoms. The first-order chi connectivity index (χ1) is 12.5. The van der Waals surface area contributed by atoms with Crippen LogP contribution in [0.4, 0.5) is 0 Å². The maximum atomic E-state index is 13.1. The highest BCUT2D eigenvalue weighted by atomic mass is 35.5. The van der Waals surface area contributed by atoms with Gasteiger partial charge in [-0.2, -0.15) is 5.26 Å². The number of halogens is 1. The smallest absolute Gasteiger partial charge is 0.192 e. The number of fused-ring (bicyclic) bond motifs is 1. The molecule has 2 heterocycles. The summed E-state index contributed by atoms with van der Waals surface area (Å²) in [6, 6.07) is 5.03. The molecule has 2 fully saturated rings. The molecule has 1 N–H and O–H groups in total. The van der Waals surface area contributed by atoms with Crippen molar-refractivity contribution in [2.24, 2.45) is 0 Å². The lowest BCUT2D eigenvalue weighted by molar-refractivity contribution is -0.120. The molecular formula is C20H28ClN3O2Si. The molecule has 0 spiro atoms. The molecule has 27 heavy (non-hydrogen) atoms. The largest absolute Gasteiger partial charge is 0.413 e. The summed E-state index contributed by atoms with van der Waals surface area (Å²) in [6.45, 7) is 13.8. The number of Topliss-reactive ketones (excluding diaryl/α,β-unsaturated/α-hetero) is 1. The van der Waals surface area contributed by atoms with Crippen molar-refractivity contribution >= 4 is 25.7 Å². The third kappa shape index (κ3) is 3.59. The van der Waals surface area contributed by atoms with Gasteiger partial charge >= 0.3 is 0 Å². The van der Waals surface area contributed by atoms with Gasteiger partial charge in [0.15, 0.2) is 14.1 Å².